The average molecular weight is 262 g/mol. The van der Waals surface area contributed by atoms with E-state index in [0.29, 0.717) is 0 Å². The normalized spacial score (nSPS) is 28.0. The molecule has 2 atom stereocenters. The predicted molar refractivity (Wildman–Crippen MR) is 75.1 cm³/mol. The van der Waals surface area contributed by atoms with Gasteiger partial charge in [-0.1, -0.05) is 18.2 Å². The molecule has 3 heteroatoms. The molecule has 0 spiro atoms. The molecule has 1 fully saturated rings. The van der Waals surface area contributed by atoms with Crippen molar-refractivity contribution in [2.45, 2.75) is 25.9 Å². The third kappa shape index (κ3) is 1.87. The van der Waals surface area contributed by atoms with Gasteiger partial charge in [0.05, 0.1) is 12.7 Å². The first-order valence-electron chi connectivity index (χ1n) is 6.43. The van der Waals surface area contributed by atoms with Gasteiger partial charge in [0.2, 0.25) is 0 Å². The number of fused-ring (bicyclic) bond motifs is 1. The number of ether oxygens (including phenoxy) is 1. The second-order valence-electron chi connectivity index (χ2n) is 5.22. The summed E-state index contributed by atoms with van der Waals surface area (Å²) in [6, 6.07) is 8.49. The van der Waals surface area contributed by atoms with Crippen molar-refractivity contribution in [1.82, 2.24) is 0 Å². The number of aliphatic hydroxyl groups excluding tert-OH is 1. The Balaban J connectivity index is 1.96. The summed E-state index contributed by atoms with van der Waals surface area (Å²) in [7, 11) is 0. The lowest BCUT2D eigenvalue weighted by Gasteiger charge is -2.29. The van der Waals surface area contributed by atoms with Crippen LogP contribution in [-0.2, 0) is 11.2 Å². The first-order valence-corrected chi connectivity index (χ1v) is 7.31. The van der Waals surface area contributed by atoms with Crippen LogP contribution in [0.5, 0.6) is 0 Å². The van der Waals surface area contributed by atoms with Crippen LogP contribution in [0.3, 0.4) is 0 Å². The van der Waals surface area contributed by atoms with Crippen molar-refractivity contribution in [3.63, 3.8) is 0 Å². The van der Waals surface area contributed by atoms with E-state index in [1.807, 2.05) is 0 Å². The molecule has 1 aliphatic rings. The molecule has 2 unspecified atom stereocenters. The van der Waals surface area contributed by atoms with E-state index in [1.54, 1.807) is 11.3 Å². The monoisotopic (exact) mass is 262 g/mol. The second-order valence-corrected chi connectivity index (χ2v) is 6.13. The Labute approximate surface area is 111 Å². The Morgan fingerprint density at radius 2 is 2.28 bits per heavy atom. The van der Waals surface area contributed by atoms with E-state index < -0.39 is 0 Å². The summed E-state index contributed by atoms with van der Waals surface area (Å²) >= 11 is 1.79. The molecule has 1 saturated heterocycles. The quantitative estimate of drug-likeness (QED) is 0.920. The zero-order chi connectivity index (χ0) is 12.6. The van der Waals surface area contributed by atoms with Gasteiger partial charge in [-0.15, -0.1) is 11.3 Å². The molecule has 18 heavy (non-hydrogen) atoms. The number of thiophene rings is 1. The largest absolute Gasteiger partial charge is 0.396 e. The zero-order valence-electron chi connectivity index (χ0n) is 10.6. The lowest BCUT2D eigenvalue weighted by atomic mass is 9.77. The van der Waals surface area contributed by atoms with E-state index in [-0.39, 0.29) is 18.1 Å². The fraction of sp³-hybridized carbons (Fsp3) is 0.467. The third-order valence-electron chi connectivity index (χ3n) is 4.25. The van der Waals surface area contributed by atoms with Gasteiger partial charge in [0, 0.05) is 16.7 Å². The summed E-state index contributed by atoms with van der Waals surface area (Å²) in [4.78, 5) is 0. The van der Waals surface area contributed by atoms with E-state index in [4.69, 9.17) is 4.74 Å². The fourth-order valence-corrected chi connectivity index (χ4v) is 3.83. The van der Waals surface area contributed by atoms with Gasteiger partial charge in [0.25, 0.3) is 0 Å². The average Bonchev–Trinajstić information content (AvgIpc) is 2.96. The van der Waals surface area contributed by atoms with E-state index >= 15 is 0 Å². The third-order valence-corrected chi connectivity index (χ3v) is 5.26. The van der Waals surface area contributed by atoms with E-state index in [9.17, 15) is 5.11 Å². The molecule has 1 N–H and O–H groups in total. The maximum Gasteiger partial charge on any atom is 0.0629 e. The highest BCUT2D eigenvalue weighted by atomic mass is 32.1. The fourth-order valence-electron chi connectivity index (χ4n) is 2.86. The molecule has 2 heterocycles. The van der Waals surface area contributed by atoms with E-state index in [1.165, 1.54) is 15.6 Å². The summed E-state index contributed by atoms with van der Waals surface area (Å²) in [6.45, 7) is 3.06. The molecule has 0 amide bonds. The van der Waals surface area contributed by atoms with Crippen molar-refractivity contribution in [3.05, 3.63) is 35.2 Å². The van der Waals surface area contributed by atoms with Gasteiger partial charge in [-0.05, 0) is 42.2 Å². The number of benzene rings is 1. The molecular formula is C15H18O2S. The number of hydrogen-bond acceptors (Lipinski definition) is 3. The van der Waals surface area contributed by atoms with Gasteiger partial charge in [0.1, 0.15) is 0 Å². The first-order chi connectivity index (χ1) is 8.75. The molecule has 1 aliphatic heterocycles. The molecular weight excluding hydrogens is 244 g/mol. The van der Waals surface area contributed by atoms with Crippen LogP contribution in [0.15, 0.2) is 29.6 Å². The summed E-state index contributed by atoms with van der Waals surface area (Å²) in [6.07, 6.45) is 2.00. The van der Waals surface area contributed by atoms with Crippen LogP contribution >= 0.6 is 11.3 Å². The minimum Gasteiger partial charge on any atom is -0.396 e. The van der Waals surface area contributed by atoms with Crippen LogP contribution in [-0.4, -0.2) is 24.4 Å². The van der Waals surface area contributed by atoms with Gasteiger partial charge in [-0.25, -0.2) is 0 Å². The topological polar surface area (TPSA) is 29.5 Å². The molecule has 1 aromatic heterocycles. The maximum atomic E-state index is 9.78. The number of aliphatic hydroxyl groups is 1. The molecule has 2 nitrogen and oxygen atoms in total. The number of rotatable bonds is 3. The van der Waals surface area contributed by atoms with Gasteiger partial charge in [-0.2, -0.15) is 0 Å². The zero-order valence-corrected chi connectivity index (χ0v) is 11.4. The SMILES string of the molecule is CC1OCCC1(CO)Cc1csc2ccccc12. The van der Waals surface area contributed by atoms with Gasteiger partial charge >= 0.3 is 0 Å². The molecule has 0 bridgehead atoms. The summed E-state index contributed by atoms with van der Waals surface area (Å²) < 4.78 is 6.99. The standard InChI is InChI=1S/C15H18O2S/c1-11-15(10-16,6-7-17-11)8-12-9-18-14-5-3-2-4-13(12)14/h2-5,9,11,16H,6-8,10H2,1H3. The first kappa shape index (κ1) is 12.2. The van der Waals surface area contributed by atoms with Crippen LogP contribution in [0.4, 0.5) is 0 Å². The molecule has 3 rings (SSSR count). The van der Waals surface area contributed by atoms with Gasteiger partial charge in [-0.3, -0.25) is 0 Å². The highest BCUT2D eigenvalue weighted by molar-refractivity contribution is 7.17. The molecule has 0 aliphatic carbocycles. The van der Waals surface area contributed by atoms with Crippen LogP contribution in [0.25, 0.3) is 10.1 Å². The Bertz CT molecular complexity index is 548. The van der Waals surface area contributed by atoms with Crippen molar-refractivity contribution in [1.29, 1.82) is 0 Å². The summed E-state index contributed by atoms with van der Waals surface area (Å²) in [5.74, 6) is 0. The second kappa shape index (κ2) is 4.65. The maximum absolute atomic E-state index is 9.78. The lowest BCUT2D eigenvalue weighted by Crippen LogP contribution is -2.34. The highest BCUT2D eigenvalue weighted by Crippen LogP contribution is 2.40. The Morgan fingerprint density at radius 1 is 1.44 bits per heavy atom. The van der Waals surface area contributed by atoms with Gasteiger partial charge < -0.3 is 9.84 Å². The smallest absolute Gasteiger partial charge is 0.0629 e. The molecule has 96 valence electrons. The Morgan fingerprint density at radius 3 is 3.00 bits per heavy atom. The molecule has 0 saturated carbocycles. The van der Waals surface area contributed by atoms with Crippen molar-refractivity contribution >= 4 is 21.4 Å². The van der Waals surface area contributed by atoms with E-state index in [0.717, 1.165) is 19.4 Å². The molecule has 2 aromatic rings. The summed E-state index contributed by atoms with van der Waals surface area (Å²) in [5.41, 5.74) is 1.26. The Kier molecular flexibility index (Phi) is 3.14. The highest BCUT2D eigenvalue weighted by Gasteiger charge is 2.41. The van der Waals surface area contributed by atoms with Crippen LogP contribution in [0.2, 0.25) is 0 Å². The Hall–Kier alpha value is -0.900. The van der Waals surface area contributed by atoms with Crippen LogP contribution < -0.4 is 0 Å². The van der Waals surface area contributed by atoms with Crippen LogP contribution in [0.1, 0.15) is 18.9 Å². The van der Waals surface area contributed by atoms with E-state index in [2.05, 4.69) is 36.6 Å². The molecule has 0 radical (unpaired) electrons. The van der Waals surface area contributed by atoms with Gasteiger partial charge in [0.15, 0.2) is 0 Å². The molecule has 1 aromatic carbocycles. The number of hydrogen-bond donors (Lipinski definition) is 1. The van der Waals surface area contributed by atoms with Crippen molar-refractivity contribution in [3.8, 4) is 0 Å². The minimum absolute atomic E-state index is 0.0934. The lowest BCUT2D eigenvalue weighted by molar-refractivity contribution is 0.0274. The van der Waals surface area contributed by atoms with Crippen molar-refractivity contribution < 1.29 is 9.84 Å². The predicted octanol–water partition coefficient (Wildman–Crippen LogP) is 3.23. The van der Waals surface area contributed by atoms with Crippen molar-refractivity contribution in [2.24, 2.45) is 5.41 Å². The van der Waals surface area contributed by atoms with Crippen LogP contribution in [0, 0.1) is 5.41 Å². The summed E-state index contributed by atoms with van der Waals surface area (Å²) in [5, 5.41) is 13.3. The minimum atomic E-state index is -0.0934. The van der Waals surface area contributed by atoms with Crippen molar-refractivity contribution in [2.75, 3.05) is 13.2 Å².